The number of halogens is 4. The number of nitrogens with zero attached hydrogens (tertiary/aromatic N) is 4. The van der Waals surface area contributed by atoms with Gasteiger partial charge in [-0.3, -0.25) is 4.90 Å². The van der Waals surface area contributed by atoms with E-state index in [0.29, 0.717) is 39.9 Å². The summed E-state index contributed by atoms with van der Waals surface area (Å²) < 4.78 is 55.0. The van der Waals surface area contributed by atoms with Crippen LogP contribution in [0.3, 0.4) is 0 Å². The number of benzene rings is 2. The average molecular weight is 525 g/mol. The van der Waals surface area contributed by atoms with Gasteiger partial charge in [-0.15, -0.1) is 11.3 Å². The van der Waals surface area contributed by atoms with E-state index in [4.69, 9.17) is 11.5 Å². The number of nitrogen functional groups attached to an aromatic ring is 1. The molecule has 0 bridgehead atoms. The Labute approximate surface area is 211 Å². The Bertz CT molecular complexity index is 1620. The fourth-order valence-electron chi connectivity index (χ4n) is 3.96. The number of carbonyl (C=O) groups excluding carboxylic acids is 1. The van der Waals surface area contributed by atoms with Gasteiger partial charge in [0, 0.05) is 45.4 Å². The van der Waals surface area contributed by atoms with Gasteiger partial charge in [-0.2, -0.15) is 13.2 Å². The summed E-state index contributed by atoms with van der Waals surface area (Å²) in [4.78, 5) is 25.3. The summed E-state index contributed by atoms with van der Waals surface area (Å²) in [5.41, 5.74) is 13.0. The number of aromatic nitrogens is 3. The fourth-order valence-corrected chi connectivity index (χ4v) is 5.08. The minimum atomic E-state index is -4.73. The molecule has 2 aromatic carbocycles. The van der Waals surface area contributed by atoms with Crippen molar-refractivity contribution in [3.8, 4) is 22.3 Å². The molecule has 0 aliphatic carbocycles. The molecule has 0 atom stereocenters. The van der Waals surface area contributed by atoms with Gasteiger partial charge >= 0.3 is 12.2 Å². The SMILES string of the molecule is NC(=O)N(c1ccc(-c2csc3c(-c4cncnc4)cnc(N)c23)cc1)c1cc(C(F)(F)F)ccc1F. The maximum Gasteiger partial charge on any atom is 0.416 e. The van der Waals surface area contributed by atoms with Crippen LogP contribution in [-0.2, 0) is 6.18 Å². The van der Waals surface area contributed by atoms with E-state index in [-0.39, 0.29) is 5.69 Å². The Morgan fingerprint density at radius 3 is 2.30 bits per heavy atom. The van der Waals surface area contributed by atoms with Crippen LogP contribution in [-0.4, -0.2) is 21.0 Å². The summed E-state index contributed by atoms with van der Waals surface area (Å²) in [5, 5.41) is 2.60. The zero-order valence-corrected chi connectivity index (χ0v) is 19.5. The molecule has 186 valence electrons. The van der Waals surface area contributed by atoms with Crippen molar-refractivity contribution >= 4 is 44.6 Å². The molecule has 0 radical (unpaired) electrons. The lowest BCUT2D eigenvalue weighted by Gasteiger charge is -2.22. The van der Waals surface area contributed by atoms with Crippen molar-refractivity contribution in [2.45, 2.75) is 6.18 Å². The lowest BCUT2D eigenvalue weighted by atomic mass is 10.0. The van der Waals surface area contributed by atoms with Crippen molar-refractivity contribution in [3.63, 3.8) is 0 Å². The van der Waals surface area contributed by atoms with E-state index in [1.807, 2.05) is 5.38 Å². The van der Waals surface area contributed by atoms with E-state index in [9.17, 15) is 22.4 Å². The number of anilines is 3. The lowest BCUT2D eigenvalue weighted by molar-refractivity contribution is -0.137. The largest absolute Gasteiger partial charge is 0.416 e. The molecule has 0 saturated carbocycles. The first kappa shape index (κ1) is 24.1. The number of nitrogens with two attached hydrogens (primary N) is 2. The second kappa shape index (κ2) is 9.13. The molecule has 4 N–H and O–H groups in total. The van der Waals surface area contributed by atoms with E-state index in [1.165, 1.54) is 29.8 Å². The first-order valence-corrected chi connectivity index (χ1v) is 11.5. The number of thiophene rings is 1. The average Bonchev–Trinajstić information content (AvgIpc) is 3.32. The van der Waals surface area contributed by atoms with Gasteiger partial charge in [-0.05, 0) is 41.3 Å². The summed E-state index contributed by atoms with van der Waals surface area (Å²) in [6, 6.07) is 6.83. The van der Waals surface area contributed by atoms with Crippen molar-refractivity contribution in [1.82, 2.24) is 15.0 Å². The van der Waals surface area contributed by atoms with Gasteiger partial charge in [0.2, 0.25) is 0 Å². The third kappa shape index (κ3) is 4.42. The van der Waals surface area contributed by atoms with Crippen molar-refractivity contribution in [3.05, 3.63) is 84.1 Å². The number of urea groups is 1. The molecule has 3 heterocycles. The van der Waals surface area contributed by atoms with Crippen LogP contribution in [0.1, 0.15) is 5.56 Å². The molecule has 3 aromatic heterocycles. The van der Waals surface area contributed by atoms with Crippen LogP contribution in [0.5, 0.6) is 0 Å². The first-order valence-electron chi connectivity index (χ1n) is 10.6. The highest BCUT2D eigenvalue weighted by Gasteiger charge is 2.32. The molecular weight excluding hydrogens is 508 g/mol. The van der Waals surface area contributed by atoms with E-state index in [2.05, 4.69) is 15.0 Å². The second-order valence-corrected chi connectivity index (χ2v) is 8.80. The smallest absolute Gasteiger partial charge is 0.383 e. The Morgan fingerprint density at radius 2 is 1.65 bits per heavy atom. The van der Waals surface area contributed by atoms with E-state index < -0.39 is 29.3 Å². The van der Waals surface area contributed by atoms with Crippen LogP contribution in [0.4, 0.5) is 39.5 Å². The van der Waals surface area contributed by atoms with Gasteiger partial charge in [0.05, 0.1) is 16.9 Å². The predicted molar refractivity (Wildman–Crippen MR) is 134 cm³/mol. The van der Waals surface area contributed by atoms with Crippen LogP contribution >= 0.6 is 11.3 Å². The van der Waals surface area contributed by atoms with Gasteiger partial charge in [-0.1, -0.05) is 12.1 Å². The Kier molecular flexibility index (Phi) is 5.96. The van der Waals surface area contributed by atoms with Crippen molar-refractivity contribution in [1.29, 1.82) is 0 Å². The minimum absolute atomic E-state index is 0.0854. The number of hydrogen-bond donors (Lipinski definition) is 2. The molecule has 37 heavy (non-hydrogen) atoms. The Hall–Kier alpha value is -4.58. The van der Waals surface area contributed by atoms with Crippen LogP contribution in [0.25, 0.3) is 32.3 Å². The molecule has 0 unspecified atom stereocenters. The van der Waals surface area contributed by atoms with Crippen molar-refractivity contribution in [2.24, 2.45) is 5.73 Å². The quantitative estimate of drug-likeness (QED) is 0.265. The monoisotopic (exact) mass is 524 g/mol. The number of pyridine rings is 1. The van der Waals surface area contributed by atoms with Crippen molar-refractivity contribution < 1.29 is 22.4 Å². The molecule has 5 rings (SSSR count). The van der Waals surface area contributed by atoms with E-state index in [0.717, 1.165) is 21.4 Å². The van der Waals surface area contributed by atoms with Gasteiger partial charge in [0.1, 0.15) is 18.0 Å². The third-order valence-corrected chi connectivity index (χ3v) is 6.68. The number of carbonyl (C=O) groups is 1. The first-order chi connectivity index (χ1) is 17.6. The molecule has 2 amide bonds. The lowest BCUT2D eigenvalue weighted by Crippen LogP contribution is -2.32. The second-order valence-electron chi connectivity index (χ2n) is 7.92. The zero-order valence-electron chi connectivity index (χ0n) is 18.7. The molecule has 5 aromatic rings. The minimum Gasteiger partial charge on any atom is -0.383 e. The van der Waals surface area contributed by atoms with Crippen molar-refractivity contribution in [2.75, 3.05) is 10.6 Å². The summed E-state index contributed by atoms with van der Waals surface area (Å²) in [5.74, 6) is -0.725. The number of alkyl halides is 3. The maximum absolute atomic E-state index is 14.5. The van der Waals surface area contributed by atoms with E-state index >= 15 is 0 Å². The maximum atomic E-state index is 14.5. The normalized spacial score (nSPS) is 11.6. The van der Waals surface area contributed by atoms with Crippen LogP contribution < -0.4 is 16.4 Å². The van der Waals surface area contributed by atoms with Gasteiger partial charge in [0.15, 0.2) is 0 Å². The highest BCUT2D eigenvalue weighted by Crippen LogP contribution is 2.42. The molecule has 0 saturated heterocycles. The van der Waals surface area contributed by atoms with Gasteiger partial charge in [0.25, 0.3) is 0 Å². The summed E-state index contributed by atoms with van der Waals surface area (Å²) >= 11 is 1.45. The number of amides is 2. The number of primary amides is 1. The van der Waals surface area contributed by atoms with E-state index in [1.54, 1.807) is 30.7 Å². The standard InChI is InChI=1S/C25H16F4N6OS/c26-19-6-3-15(25(27,28)29)7-20(19)35(24(31)36)16-4-1-13(2-5-16)18-11-37-22-17(10-34-23(30)21(18)22)14-8-32-12-33-9-14/h1-12H,(H2,30,34)(H2,31,36). The fraction of sp³-hybridized carbons (Fsp3) is 0.0400. The molecule has 0 fully saturated rings. The Morgan fingerprint density at radius 1 is 0.946 bits per heavy atom. The third-order valence-electron chi connectivity index (χ3n) is 5.67. The highest BCUT2D eigenvalue weighted by atomic mass is 32.1. The highest BCUT2D eigenvalue weighted by molar-refractivity contribution is 7.18. The number of fused-ring (bicyclic) bond motifs is 1. The molecule has 12 heteroatoms. The predicted octanol–water partition coefficient (Wildman–Crippen LogP) is 6.38. The molecule has 0 aliphatic rings. The van der Waals surface area contributed by atoms with Gasteiger partial charge < -0.3 is 11.5 Å². The van der Waals surface area contributed by atoms with Crippen LogP contribution in [0, 0.1) is 5.82 Å². The summed E-state index contributed by atoms with van der Waals surface area (Å²) in [6.45, 7) is 0. The summed E-state index contributed by atoms with van der Waals surface area (Å²) in [7, 11) is 0. The Balaban J connectivity index is 1.57. The molecule has 7 nitrogen and oxygen atoms in total. The zero-order chi connectivity index (χ0) is 26.3. The molecule has 0 aliphatic heterocycles. The van der Waals surface area contributed by atoms with Crippen LogP contribution in [0.15, 0.2) is 72.8 Å². The molecule has 0 spiro atoms. The number of rotatable bonds is 4. The topological polar surface area (TPSA) is 111 Å². The van der Waals surface area contributed by atoms with Gasteiger partial charge in [-0.25, -0.2) is 24.1 Å². The summed E-state index contributed by atoms with van der Waals surface area (Å²) in [6.07, 6.45) is 1.67. The van der Waals surface area contributed by atoms with Crippen LogP contribution in [0.2, 0.25) is 0 Å². The molecular formula is C25H16F4N6OS. The number of hydrogen-bond acceptors (Lipinski definition) is 6.